The molecule has 106 valence electrons. The van der Waals surface area contributed by atoms with Crippen molar-refractivity contribution >= 4 is 0 Å². The van der Waals surface area contributed by atoms with Gasteiger partial charge in [0.05, 0.1) is 6.61 Å². The molecular weight excluding hydrogens is 226 g/mol. The number of hydrogen-bond donors (Lipinski definition) is 1. The second-order valence-electron chi connectivity index (χ2n) is 5.95. The molecule has 2 saturated heterocycles. The summed E-state index contributed by atoms with van der Waals surface area (Å²) < 4.78 is 5.39. The molecule has 2 fully saturated rings. The van der Waals surface area contributed by atoms with Gasteiger partial charge in [0.25, 0.3) is 0 Å². The fraction of sp³-hybridized carbons (Fsp3) is 1.00. The summed E-state index contributed by atoms with van der Waals surface area (Å²) in [7, 11) is 4.50. The van der Waals surface area contributed by atoms with Gasteiger partial charge in [0.1, 0.15) is 0 Å². The van der Waals surface area contributed by atoms with Gasteiger partial charge in [-0.3, -0.25) is 0 Å². The summed E-state index contributed by atoms with van der Waals surface area (Å²) in [6.45, 7) is 7.83. The standard InChI is InChI=1S/C14H29N3O/c1-16-7-3-14(4-8-16)17(2)9-6-15-11-13-5-10-18-12-13/h13-15H,3-12H2,1-2H3. The van der Waals surface area contributed by atoms with Crippen molar-refractivity contribution in [1.29, 1.82) is 0 Å². The number of hydrogen-bond acceptors (Lipinski definition) is 4. The van der Waals surface area contributed by atoms with E-state index in [1.807, 2.05) is 0 Å². The number of rotatable bonds is 6. The quantitative estimate of drug-likeness (QED) is 0.705. The normalized spacial score (nSPS) is 27.2. The van der Waals surface area contributed by atoms with Crippen LogP contribution in [-0.4, -0.2) is 75.9 Å². The zero-order chi connectivity index (χ0) is 12.8. The predicted molar refractivity (Wildman–Crippen MR) is 74.9 cm³/mol. The molecule has 2 aliphatic heterocycles. The molecule has 2 heterocycles. The summed E-state index contributed by atoms with van der Waals surface area (Å²) in [5.74, 6) is 0.749. The van der Waals surface area contributed by atoms with Gasteiger partial charge in [0, 0.05) is 32.3 Å². The van der Waals surface area contributed by atoms with Crippen LogP contribution in [-0.2, 0) is 4.74 Å². The molecule has 1 N–H and O–H groups in total. The fourth-order valence-electron chi connectivity index (χ4n) is 2.92. The Kier molecular flexibility index (Phi) is 5.89. The first-order valence-corrected chi connectivity index (χ1v) is 7.43. The SMILES string of the molecule is CN1CCC(N(C)CCNCC2CCOC2)CC1. The van der Waals surface area contributed by atoms with Crippen LogP contribution in [0.3, 0.4) is 0 Å². The van der Waals surface area contributed by atoms with Crippen LogP contribution in [0, 0.1) is 5.92 Å². The van der Waals surface area contributed by atoms with Gasteiger partial charge in [0.2, 0.25) is 0 Å². The Morgan fingerprint density at radius 1 is 1.28 bits per heavy atom. The summed E-state index contributed by atoms with van der Waals surface area (Å²) in [6, 6.07) is 0.790. The van der Waals surface area contributed by atoms with Crippen molar-refractivity contribution in [2.45, 2.75) is 25.3 Å². The van der Waals surface area contributed by atoms with Gasteiger partial charge in [0.15, 0.2) is 0 Å². The molecule has 0 aromatic heterocycles. The number of nitrogens with zero attached hydrogens (tertiary/aromatic N) is 2. The molecule has 0 radical (unpaired) electrons. The predicted octanol–water partition coefficient (Wildman–Crippen LogP) is 0.639. The summed E-state index contributed by atoms with van der Waals surface area (Å²) in [5.41, 5.74) is 0. The molecule has 0 aromatic carbocycles. The minimum atomic E-state index is 0.749. The molecule has 18 heavy (non-hydrogen) atoms. The van der Waals surface area contributed by atoms with Crippen LogP contribution >= 0.6 is 0 Å². The molecule has 4 heteroatoms. The van der Waals surface area contributed by atoms with Gasteiger partial charge in [-0.1, -0.05) is 0 Å². The molecule has 0 bridgehead atoms. The highest BCUT2D eigenvalue weighted by Gasteiger charge is 2.20. The maximum Gasteiger partial charge on any atom is 0.0507 e. The number of likely N-dealkylation sites (tertiary alicyclic amines) is 1. The maximum absolute atomic E-state index is 5.39. The van der Waals surface area contributed by atoms with Gasteiger partial charge in [-0.2, -0.15) is 0 Å². The highest BCUT2D eigenvalue weighted by Crippen LogP contribution is 2.13. The van der Waals surface area contributed by atoms with Gasteiger partial charge in [-0.05, 0) is 52.4 Å². The minimum Gasteiger partial charge on any atom is -0.381 e. The van der Waals surface area contributed by atoms with Crippen molar-refractivity contribution in [3.8, 4) is 0 Å². The van der Waals surface area contributed by atoms with E-state index in [-0.39, 0.29) is 0 Å². The van der Waals surface area contributed by atoms with E-state index >= 15 is 0 Å². The van der Waals surface area contributed by atoms with Crippen molar-refractivity contribution in [2.75, 3.05) is 60.0 Å². The first kappa shape index (κ1) is 14.3. The highest BCUT2D eigenvalue weighted by atomic mass is 16.5. The smallest absolute Gasteiger partial charge is 0.0507 e. The maximum atomic E-state index is 5.39. The van der Waals surface area contributed by atoms with E-state index in [1.54, 1.807) is 0 Å². The van der Waals surface area contributed by atoms with Gasteiger partial charge in [-0.25, -0.2) is 0 Å². The first-order valence-electron chi connectivity index (χ1n) is 7.43. The molecular formula is C14H29N3O. The average Bonchev–Trinajstić information content (AvgIpc) is 2.88. The van der Waals surface area contributed by atoms with E-state index < -0.39 is 0 Å². The highest BCUT2D eigenvalue weighted by molar-refractivity contribution is 4.77. The molecule has 0 aliphatic carbocycles. The molecule has 1 unspecified atom stereocenters. The number of ether oxygens (including phenoxy) is 1. The van der Waals surface area contributed by atoms with Crippen molar-refractivity contribution < 1.29 is 4.74 Å². The van der Waals surface area contributed by atoms with Crippen molar-refractivity contribution in [3.05, 3.63) is 0 Å². The van der Waals surface area contributed by atoms with Crippen LogP contribution in [0.5, 0.6) is 0 Å². The summed E-state index contributed by atoms with van der Waals surface area (Å²) in [5, 5.41) is 3.57. The Labute approximate surface area is 112 Å². The lowest BCUT2D eigenvalue weighted by atomic mass is 10.0. The molecule has 0 amide bonds. The van der Waals surface area contributed by atoms with Crippen LogP contribution in [0.2, 0.25) is 0 Å². The van der Waals surface area contributed by atoms with Gasteiger partial charge in [-0.15, -0.1) is 0 Å². The summed E-state index contributed by atoms with van der Waals surface area (Å²) in [4.78, 5) is 4.97. The van der Waals surface area contributed by atoms with E-state index in [2.05, 4.69) is 29.2 Å². The number of piperidine rings is 1. The average molecular weight is 255 g/mol. The Bertz CT molecular complexity index is 223. The Morgan fingerprint density at radius 3 is 2.72 bits per heavy atom. The Morgan fingerprint density at radius 2 is 2.06 bits per heavy atom. The Balaban J connectivity index is 1.52. The van der Waals surface area contributed by atoms with E-state index in [4.69, 9.17) is 4.74 Å². The number of likely N-dealkylation sites (N-methyl/N-ethyl adjacent to an activating group) is 1. The first-order chi connectivity index (χ1) is 8.75. The van der Waals surface area contributed by atoms with Crippen LogP contribution in [0.15, 0.2) is 0 Å². The van der Waals surface area contributed by atoms with Crippen LogP contribution in [0.1, 0.15) is 19.3 Å². The lowest BCUT2D eigenvalue weighted by molar-refractivity contribution is 0.144. The monoisotopic (exact) mass is 255 g/mol. The van der Waals surface area contributed by atoms with E-state index in [1.165, 1.54) is 38.9 Å². The molecule has 2 rings (SSSR count). The zero-order valence-electron chi connectivity index (χ0n) is 12.0. The third kappa shape index (κ3) is 4.50. The summed E-state index contributed by atoms with van der Waals surface area (Å²) in [6.07, 6.45) is 3.88. The number of nitrogens with one attached hydrogen (secondary N) is 1. The molecule has 0 aromatic rings. The lowest BCUT2D eigenvalue weighted by Crippen LogP contribution is -2.44. The Hall–Kier alpha value is -0.160. The molecule has 0 spiro atoms. The third-order valence-corrected chi connectivity index (χ3v) is 4.41. The van der Waals surface area contributed by atoms with E-state index in [0.717, 1.165) is 38.3 Å². The molecule has 0 saturated carbocycles. The van der Waals surface area contributed by atoms with Crippen molar-refractivity contribution in [3.63, 3.8) is 0 Å². The molecule has 1 atom stereocenters. The van der Waals surface area contributed by atoms with Crippen molar-refractivity contribution in [1.82, 2.24) is 15.1 Å². The topological polar surface area (TPSA) is 27.7 Å². The van der Waals surface area contributed by atoms with Gasteiger partial charge < -0.3 is 19.9 Å². The van der Waals surface area contributed by atoms with Crippen molar-refractivity contribution in [2.24, 2.45) is 5.92 Å². The molecule has 4 nitrogen and oxygen atoms in total. The lowest BCUT2D eigenvalue weighted by Gasteiger charge is -2.35. The van der Waals surface area contributed by atoms with Crippen LogP contribution in [0.4, 0.5) is 0 Å². The van der Waals surface area contributed by atoms with E-state index in [0.29, 0.717) is 0 Å². The second kappa shape index (κ2) is 7.43. The second-order valence-corrected chi connectivity index (χ2v) is 5.95. The zero-order valence-corrected chi connectivity index (χ0v) is 12.0. The molecule has 2 aliphatic rings. The third-order valence-electron chi connectivity index (χ3n) is 4.41. The van der Waals surface area contributed by atoms with E-state index in [9.17, 15) is 0 Å². The van der Waals surface area contributed by atoms with Crippen LogP contribution < -0.4 is 5.32 Å². The van der Waals surface area contributed by atoms with Crippen LogP contribution in [0.25, 0.3) is 0 Å². The largest absolute Gasteiger partial charge is 0.381 e. The minimum absolute atomic E-state index is 0.749. The summed E-state index contributed by atoms with van der Waals surface area (Å²) >= 11 is 0. The van der Waals surface area contributed by atoms with Gasteiger partial charge >= 0.3 is 0 Å². The fourth-order valence-corrected chi connectivity index (χ4v) is 2.92.